The summed E-state index contributed by atoms with van der Waals surface area (Å²) in [6, 6.07) is 5.66. The van der Waals surface area contributed by atoms with Crippen molar-refractivity contribution in [2.75, 3.05) is 11.9 Å². The minimum Gasteiger partial charge on any atom is -0.491 e. The van der Waals surface area contributed by atoms with Crippen LogP contribution in [0.15, 0.2) is 22.7 Å². The molecule has 4 heteroatoms. The van der Waals surface area contributed by atoms with E-state index in [1.807, 2.05) is 18.2 Å². The Morgan fingerprint density at radius 3 is 2.47 bits per heavy atom. The van der Waals surface area contributed by atoms with Crippen LogP contribution in [-0.4, -0.2) is 11.9 Å². The number of halogens is 3. The molecule has 1 rings (SSSR count). The van der Waals surface area contributed by atoms with E-state index in [0.29, 0.717) is 11.6 Å². The van der Waals surface area contributed by atoms with Gasteiger partial charge in [0.1, 0.15) is 5.75 Å². The van der Waals surface area contributed by atoms with Crippen LogP contribution < -0.4 is 4.74 Å². The summed E-state index contributed by atoms with van der Waals surface area (Å²) in [7, 11) is 0. The van der Waals surface area contributed by atoms with Gasteiger partial charge >= 0.3 is 0 Å². The first-order chi connectivity index (χ1) is 8.06. The Morgan fingerprint density at radius 2 is 1.94 bits per heavy atom. The lowest BCUT2D eigenvalue weighted by atomic mass is 9.86. The average Bonchev–Trinajstić information content (AvgIpc) is 2.35. The van der Waals surface area contributed by atoms with E-state index in [4.69, 9.17) is 16.3 Å². The zero-order valence-electron chi connectivity index (χ0n) is 10.1. The van der Waals surface area contributed by atoms with E-state index in [-0.39, 0.29) is 5.41 Å². The van der Waals surface area contributed by atoms with Crippen LogP contribution in [-0.2, 0) is 0 Å². The number of hydrogen-bond donors (Lipinski definition) is 0. The summed E-state index contributed by atoms with van der Waals surface area (Å²) in [4.78, 5) is 0. The van der Waals surface area contributed by atoms with Crippen molar-refractivity contribution in [3.8, 4) is 5.75 Å². The molecule has 0 radical (unpaired) electrons. The lowest BCUT2D eigenvalue weighted by Crippen LogP contribution is -2.29. The molecule has 1 aromatic carbocycles. The van der Waals surface area contributed by atoms with Gasteiger partial charge in [-0.3, -0.25) is 0 Å². The standard InChI is InChI=1S/C13H17Br2ClO/c1-3-13(4-2,8-14)9-17-12-7-10(15)5-6-11(12)16/h5-7H,3-4,8-9H2,1-2H3. The number of benzene rings is 1. The first-order valence-corrected chi connectivity index (χ1v) is 8.00. The molecule has 17 heavy (non-hydrogen) atoms. The van der Waals surface area contributed by atoms with Crippen molar-refractivity contribution in [3.05, 3.63) is 27.7 Å². The van der Waals surface area contributed by atoms with Gasteiger partial charge in [-0.1, -0.05) is 57.3 Å². The Morgan fingerprint density at radius 1 is 1.29 bits per heavy atom. The molecule has 0 bridgehead atoms. The zero-order chi connectivity index (χ0) is 12.9. The van der Waals surface area contributed by atoms with Crippen LogP contribution in [0.3, 0.4) is 0 Å². The van der Waals surface area contributed by atoms with Crippen molar-refractivity contribution in [1.29, 1.82) is 0 Å². The van der Waals surface area contributed by atoms with Crippen molar-refractivity contribution in [3.63, 3.8) is 0 Å². The largest absolute Gasteiger partial charge is 0.491 e. The molecule has 96 valence electrons. The molecule has 0 saturated carbocycles. The molecule has 0 atom stereocenters. The Hall–Kier alpha value is 0.270. The normalized spacial score (nSPS) is 11.6. The summed E-state index contributed by atoms with van der Waals surface area (Å²) in [5, 5.41) is 1.60. The third kappa shape index (κ3) is 4.15. The molecule has 0 aliphatic rings. The summed E-state index contributed by atoms with van der Waals surface area (Å²) in [5.74, 6) is 0.744. The van der Waals surface area contributed by atoms with Crippen molar-refractivity contribution < 1.29 is 4.74 Å². The monoisotopic (exact) mass is 382 g/mol. The molecule has 0 aliphatic carbocycles. The van der Waals surface area contributed by atoms with Crippen LogP contribution in [0.1, 0.15) is 26.7 Å². The van der Waals surface area contributed by atoms with Gasteiger partial charge in [0, 0.05) is 15.2 Å². The highest BCUT2D eigenvalue weighted by Gasteiger charge is 2.26. The minimum absolute atomic E-state index is 0.186. The molecule has 0 N–H and O–H groups in total. The maximum absolute atomic E-state index is 6.10. The van der Waals surface area contributed by atoms with E-state index in [1.54, 1.807) is 0 Å². The van der Waals surface area contributed by atoms with Crippen LogP contribution in [0.4, 0.5) is 0 Å². The molecule has 0 aromatic heterocycles. The molecular formula is C13H17Br2ClO. The van der Waals surface area contributed by atoms with E-state index in [1.165, 1.54) is 0 Å². The number of rotatable bonds is 6. The fraction of sp³-hybridized carbons (Fsp3) is 0.538. The van der Waals surface area contributed by atoms with Crippen LogP contribution in [0.25, 0.3) is 0 Å². The van der Waals surface area contributed by atoms with Gasteiger partial charge < -0.3 is 4.74 Å². The minimum atomic E-state index is 0.186. The number of hydrogen-bond acceptors (Lipinski definition) is 1. The van der Waals surface area contributed by atoms with Crippen molar-refractivity contribution in [1.82, 2.24) is 0 Å². The molecule has 0 aliphatic heterocycles. The van der Waals surface area contributed by atoms with Gasteiger partial charge in [0.05, 0.1) is 11.6 Å². The zero-order valence-corrected chi connectivity index (χ0v) is 14.0. The second-order valence-electron chi connectivity index (χ2n) is 4.20. The molecule has 0 amide bonds. The molecule has 0 spiro atoms. The van der Waals surface area contributed by atoms with Crippen LogP contribution in [0.2, 0.25) is 5.02 Å². The second kappa shape index (κ2) is 7.01. The smallest absolute Gasteiger partial charge is 0.139 e. The third-order valence-electron chi connectivity index (χ3n) is 3.21. The van der Waals surface area contributed by atoms with Gasteiger partial charge in [-0.25, -0.2) is 0 Å². The highest BCUT2D eigenvalue weighted by molar-refractivity contribution is 9.10. The van der Waals surface area contributed by atoms with E-state index in [0.717, 1.165) is 28.4 Å². The van der Waals surface area contributed by atoms with Gasteiger partial charge in [0.2, 0.25) is 0 Å². The lowest BCUT2D eigenvalue weighted by Gasteiger charge is -2.29. The van der Waals surface area contributed by atoms with E-state index in [2.05, 4.69) is 45.7 Å². The highest BCUT2D eigenvalue weighted by atomic mass is 79.9. The SMILES string of the molecule is CCC(CC)(CBr)COc1cc(Br)ccc1Cl. The van der Waals surface area contributed by atoms with Gasteiger partial charge in [0.15, 0.2) is 0 Å². The summed E-state index contributed by atoms with van der Waals surface area (Å²) in [6.45, 7) is 5.06. The number of ether oxygens (including phenoxy) is 1. The van der Waals surface area contributed by atoms with Crippen LogP contribution in [0, 0.1) is 5.41 Å². The van der Waals surface area contributed by atoms with E-state index < -0.39 is 0 Å². The molecule has 0 unspecified atom stereocenters. The Balaban J connectivity index is 2.75. The maximum atomic E-state index is 6.10. The first-order valence-electron chi connectivity index (χ1n) is 5.70. The Bertz CT molecular complexity index is 356. The van der Waals surface area contributed by atoms with Gasteiger partial charge in [-0.05, 0) is 31.0 Å². The summed E-state index contributed by atoms with van der Waals surface area (Å²) in [5.41, 5.74) is 0.186. The highest BCUT2D eigenvalue weighted by Crippen LogP contribution is 2.33. The van der Waals surface area contributed by atoms with Gasteiger partial charge in [-0.15, -0.1) is 0 Å². The molecular weight excluding hydrogens is 367 g/mol. The fourth-order valence-corrected chi connectivity index (χ4v) is 2.97. The second-order valence-corrected chi connectivity index (χ2v) is 6.09. The molecule has 1 nitrogen and oxygen atoms in total. The predicted octanol–water partition coefficient (Wildman–Crippen LogP) is 5.68. The quantitative estimate of drug-likeness (QED) is 0.573. The lowest BCUT2D eigenvalue weighted by molar-refractivity contribution is 0.158. The first kappa shape index (κ1) is 15.3. The average molecular weight is 385 g/mol. The number of alkyl halides is 1. The molecule has 1 aromatic rings. The van der Waals surface area contributed by atoms with Gasteiger partial charge in [0.25, 0.3) is 0 Å². The fourth-order valence-electron chi connectivity index (χ4n) is 1.50. The summed E-state index contributed by atoms with van der Waals surface area (Å²) < 4.78 is 6.84. The van der Waals surface area contributed by atoms with Gasteiger partial charge in [-0.2, -0.15) is 0 Å². The van der Waals surface area contributed by atoms with Crippen LogP contribution in [0.5, 0.6) is 5.75 Å². The Labute approximate surface area is 125 Å². The summed E-state index contributed by atoms with van der Waals surface area (Å²) >= 11 is 13.1. The van der Waals surface area contributed by atoms with Crippen molar-refractivity contribution >= 4 is 43.5 Å². The van der Waals surface area contributed by atoms with Crippen molar-refractivity contribution in [2.45, 2.75) is 26.7 Å². The summed E-state index contributed by atoms with van der Waals surface area (Å²) in [6.07, 6.45) is 2.17. The van der Waals surface area contributed by atoms with Crippen molar-refractivity contribution in [2.24, 2.45) is 5.41 Å². The Kier molecular flexibility index (Phi) is 6.32. The maximum Gasteiger partial charge on any atom is 0.139 e. The van der Waals surface area contributed by atoms with E-state index >= 15 is 0 Å². The third-order valence-corrected chi connectivity index (χ3v) is 5.21. The molecule has 0 saturated heterocycles. The molecule has 0 fully saturated rings. The van der Waals surface area contributed by atoms with Crippen LogP contribution >= 0.6 is 43.5 Å². The molecule has 0 heterocycles. The van der Waals surface area contributed by atoms with E-state index in [9.17, 15) is 0 Å². The topological polar surface area (TPSA) is 9.23 Å². The predicted molar refractivity (Wildman–Crippen MR) is 81.5 cm³/mol.